The fraction of sp³-hybridized carbons (Fsp3) is 0.438. The maximum Gasteiger partial charge on any atom is 0.269 e. The standard InChI is InChI=1S/C48H56N4O8S/c1-3-26-58-48-45(61-27-21-34-19-22-49-23-20-34)30-43(51-59-31-35-13-15-38(16-14-35)52(55)56)41-28-36(10-4-6-24-53)40(12-5-7-25-54)46(47(41)48)42-29-39(17-18-44(42)60-48)57-32-37-11-8-9-33(2)50-37/h3,8-9,11,13-20,22-23,28-29,36,40,45-47,53-54H,1,4-7,10,12,21,24-27,30-32H2,2H3. The van der Waals surface area contributed by atoms with Gasteiger partial charge >= 0.3 is 0 Å². The number of aliphatic hydroxyl groups excluding tert-OH is 2. The molecule has 6 unspecified atom stereocenters. The zero-order chi connectivity index (χ0) is 42.6. The average Bonchev–Trinajstić information content (AvgIpc) is 3.27. The molecule has 2 aromatic carbocycles. The molecule has 3 aliphatic rings. The van der Waals surface area contributed by atoms with Crippen LogP contribution in [-0.4, -0.2) is 67.4 Å². The van der Waals surface area contributed by atoms with Crippen molar-refractivity contribution in [2.45, 2.75) is 88.5 Å². The van der Waals surface area contributed by atoms with E-state index in [2.05, 4.69) is 28.7 Å². The number of nitro groups is 1. The number of nitrogens with zero attached hydrogens (tertiary/aromatic N) is 4. The number of hydrogen-bond acceptors (Lipinski definition) is 12. The van der Waals surface area contributed by atoms with Gasteiger partial charge in [0.2, 0.25) is 5.79 Å². The Labute approximate surface area is 362 Å². The van der Waals surface area contributed by atoms with E-state index in [-0.39, 0.29) is 61.0 Å². The molecule has 13 heteroatoms. The van der Waals surface area contributed by atoms with Crippen molar-refractivity contribution >= 4 is 23.2 Å². The number of ether oxygens (including phenoxy) is 3. The van der Waals surface area contributed by atoms with Crippen LogP contribution in [0, 0.1) is 34.8 Å². The Kier molecular flexibility index (Phi) is 15.2. The Hall–Kier alpha value is -5.08. The van der Waals surface area contributed by atoms with Crippen LogP contribution in [0.2, 0.25) is 0 Å². The third-order valence-corrected chi connectivity index (χ3v) is 13.3. The lowest BCUT2D eigenvalue weighted by Gasteiger charge is -2.58. The van der Waals surface area contributed by atoms with E-state index in [4.69, 9.17) is 24.2 Å². The van der Waals surface area contributed by atoms with E-state index in [9.17, 15) is 20.3 Å². The van der Waals surface area contributed by atoms with Crippen LogP contribution in [0.5, 0.6) is 11.5 Å². The maximum atomic E-state index is 11.3. The Bertz CT molecular complexity index is 2150. The second kappa shape index (κ2) is 21.1. The number of fused-ring (bicyclic) bond motifs is 2. The van der Waals surface area contributed by atoms with Crippen LogP contribution in [0.25, 0.3) is 0 Å². The van der Waals surface area contributed by atoms with Gasteiger partial charge in [-0.15, -0.1) is 6.58 Å². The van der Waals surface area contributed by atoms with Crippen molar-refractivity contribution in [2.75, 3.05) is 25.6 Å². The summed E-state index contributed by atoms with van der Waals surface area (Å²) >= 11 is 1.80. The van der Waals surface area contributed by atoms with Crippen LogP contribution >= 0.6 is 11.8 Å². The molecule has 4 aromatic rings. The molecule has 0 saturated heterocycles. The van der Waals surface area contributed by atoms with Crippen molar-refractivity contribution in [1.82, 2.24) is 9.97 Å². The first kappa shape index (κ1) is 44.0. The van der Waals surface area contributed by atoms with Gasteiger partial charge in [0, 0.05) is 61.3 Å². The molecule has 6 atom stereocenters. The zero-order valence-electron chi connectivity index (χ0n) is 34.8. The third-order valence-electron chi connectivity index (χ3n) is 12.0. The van der Waals surface area contributed by atoms with Crippen molar-refractivity contribution in [3.63, 3.8) is 0 Å². The zero-order valence-corrected chi connectivity index (χ0v) is 35.6. The Morgan fingerprint density at radius 2 is 1.79 bits per heavy atom. The highest BCUT2D eigenvalue weighted by atomic mass is 32.2. The first-order chi connectivity index (χ1) is 29.8. The summed E-state index contributed by atoms with van der Waals surface area (Å²) in [6.07, 6.45) is 13.9. The molecule has 322 valence electrons. The van der Waals surface area contributed by atoms with Crippen LogP contribution < -0.4 is 9.47 Å². The van der Waals surface area contributed by atoms with Crippen molar-refractivity contribution in [1.29, 1.82) is 0 Å². The number of benzene rings is 2. The Morgan fingerprint density at radius 1 is 1.00 bits per heavy atom. The summed E-state index contributed by atoms with van der Waals surface area (Å²) in [7, 11) is 0. The second-order valence-corrected chi connectivity index (χ2v) is 17.3. The molecule has 0 radical (unpaired) electrons. The highest BCUT2D eigenvalue weighted by Gasteiger charge is 2.64. The van der Waals surface area contributed by atoms with Gasteiger partial charge in [-0.1, -0.05) is 36.2 Å². The first-order valence-corrected chi connectivity index (χ1v) is 22.4. The number of unbranched alkanes of at least 4 members (excludes halogenated alkanes) is 2. The minimum absolute atomic E-state index is 0.0157. The van der Waals surface area contributed by atoms with Crippen molar-refractivity contribution < 1.29 is 34.2 Å². The summed E-state index contributed by atoms with van der Waals surface area (Å²) in [4.78, 5) is 25.9. The predicted molar refractivity (Wildman–Crippen MR) is 237 cm³/mol. The smallest absolute Gasteiger partial charge is 0.269 e. The molecule has 61 heavy (non-hydrogen) atoms. The molecule has 0 bridgehead atoms. The number of non-ortho nitro benzene ring substituents is 1. The SMILES string of the molecule is C=CCOC12Oc3ccc(OCc4cccc(C)n4)cc3C3C(CCCCO)C(CCCCO)C=C(C(=NOCc4ccc([N+](=O)[O-])cc4)CC1SCCc1ccncc1)C32. The highest BCUT2D eigenvalue weighted by Crippen LogP contribution is 2.62. The first-order valence-electron chi connectivity index (χ1n) is 21.3. The van der Waals surface area contributed by atoms with Gasteiger partial charge in [-0.2, -0.15) is 11.8 Å². The molecule has 3 heterocycles. The molecule has 1 saturated carbocycles. The van der Waals surface area contributed by atoms with Gasteiger partial charge in [0.05, 0.1) is 34.1 Å². The number of oxime groups is 1. The molecular weight excluding hydrogens is 793 g/mol. The molecule has 12 nitrogen and oxygen atoms in total. The number of allylic oxidation sites excluding steroid dienone is 1. The summed E-state index contributed by atoms with van der Waals surface area (Å²) in [5, 5.41) is 35.8. The minimum Gasteiger partial charge on any atom is -0.487 e. The number of aromatic nitrogens is 2. The van der Waals surface area contributed by atoms with Gasteiger partial charge in [0.15, 0.2) is 0 Å². The molecule has 2 aromatic heterocycles. The van der Waals surface area contributed by atoms with Gasteiger partial charge in [-0.25, -0.2) is 0 Å². The molecular formula is C48H56N4O8S. The molecule has 7 rings (SSSR count). The van der Waals surface area contributed by atoms with Gasteiger partial charge in [0.25, 0.3) is 5.69 Å². The summed E-state index contributed by atoms with van der Waals surface area (Å²) < 4.78 is 20.8. The van der Waals surface area contributed by atoms with E-state index in [0.717, 1.165) is 77.4 Å². The van der Waals surface area contributed by atoms with Gasteiger partial charge in [0.1, 0.15) is 24.7 Å². The molecule has 2 aliphatic carbocycles. The lowest BCUT2D eigenvalue weighted by molar-refractivity contribution is -0.384. The van der Waals surface area contributed by atoms with E-state index in [1.54, 1.807) is 30.0 Å². The number of aliphatic hydroxyl groups is 2. The lowest BCUT2D eigenvalue weighted by Crippen LogP contribution is -2.64. The summed E-state index contributed by atoms with van der Waals surface area (Å²) in [6.45, 7) is 6.99. The van der Waals surface area contributed by atoms with Crippen LogP contribution in [0.4, 0.5) is 5.69 Å². The van der Waals surface area contributed by atoms with Crippen LogP contribution in [0.1, 0.15) is 78.9 Å². The topological polar surface area (TPSA) is 159 Å². The van der Waals surface area contributed by atoms with Gasteiger partial charge in [-0.05, 0) is 128 Å². The van der Waals surface area contributed by atoms with Crippen molar-refractivity contribution in [3.05, 3.63) is 148 Å². The number of thioether (sulfide) groups is 1. The van der Waals surface area contributed by atoms with Crippen LogP contribution in [0.15, 0.2) is 115 Å². The lowest BCUT2D eigenvalue weighted by atomic mass is 9.56. The summed E-state index contributed by atoms with van der Waals surface area (Å²) in [5.74, 6) is 1.05. The molecule has 1 fully saturated rings. The highest BCUT2D eigenvalue weighted by molar-refractivity contribution is 8.00. The second-order valence-electron chi connectivity index (χ2n) is 16.0. The largest absolute Gasteiger partial charge is 0.487 e. The molecule has 1 aliphatic heterocycles. The number of nitro benzene ring substituents is 1. The summed E-state index contributed by atoms with van der Waals surface area (Å²) in [5.41, 5.74) is 6.62. The maximum absolute atomic E-state index is 11.3. The number of rotatable bonds is 22. The molecule has 0 spiro atoms. The number of hydrogen-bond donors (Lipinski definition) is 2. The Balaban J connectivity index is 1.33. The quantitative estimate of drug-likeness (QED) is 0.0336. The van der Waals surface area contributed by atoms with Crippen molar-refractivity contribution in [3.8, 4) is 11.5 Å². The Morgan fingerprint density at radius 3 is 2.52 bits per heavy atom. The van der Waals surface area contributed by atoms with Crippen LogP contribution in [0.3, 0.4) is 0 Å². The minimum atomic E-state index is -1.10. The van der Waals surface area contributed by atoms with E-state index >= 15 is 0 Å². The third kappa shape index (κ3) is 10.5. The van der Waals surface area contributed by atoms with Gasteiger partial charge < -0.3 is 29.3 Å². The molecule has 0 amide bonds. The van der Waals surface area contributed by atoms with Crippen molar-refractivity contribution in [2.24, 2.45) is 22.9 Å². The number of aryl methyl sites for hydroxylation is 2. The predicted octanol–water partition coefficient (Wildman–Crippen LogP) is 9.08. The van der Waals surface area contributed by atoms with Gasteiger partial charge in [-0.3, -0.25) is 20.1 Å². The normalized spacial score (nSPS) is 23.3. The van der Waals surface area contributed by atoms with E-state index in [1.165, 1.54) is 17.7 Å². The van der Waals surface area contributed by atoms with E-state index in [1.807, 2.05) is 61.8 Å². The number of pyridine rings is 2. The average molecular weight is 849 g/mol. The van der Waals surface area contributed by atoms with E-state index in [0.29, 0.717) is 31.6 Å². The van der Waals surface area contributed by atoms with Crippen LogP contribution in [-0.2, 0) is 29.2 Å². The monoisotopic (exact) mass is 848 g/mol. The fourth-order valence-corrected chi connectivity index (χ4v) is 10.6. The molecule has 2 N–H and O–H groups in total. The fourth-order valence-electron chi connectivity index (χ4n) is 9.17. The van der Waals surface area contributed by atoms with E-state index < -0.39 is 10.7 Å². The summed E-state index contributed by atoms with van der Waals surface area (Å²) in [6, 6.07) is 22.4.